The largest absolute Gasteiger partial charge is 0.308 e. The summed E-state index contributed by atoms with van der Waals surface area (Å²) in [4.78, 5) is 0. The van der Waals surface area contributed by atoms with Gasteiger partial charge in [-0.1, -0.05) is 55.5 Å². The van der Waals surface area contributed by atoms with Gasteiger partial charge in [0.2, 0.25) is 0 Å². The molecule has 0 saturated heterocycles. The molecule has 0 saturated carbocycles. The Morgan fingerprint density at radius 3 is 2.60 bits per heavy atom. The molecule has 0 amide bonds. The second-order valence-corrected chi connectivity index (χ2v) is 5.99. The van der Waals surface area contributed by atoms with Crippen molar-refractivity contribution < 1.29 is 0 Å². The Hall–Kier alpha value is -1.26. The summed E-state index contributed by atoms with van der Waals surface area (Å²) in [6, 6.07) is 11.0. The summed E-state index contributed by atoms with van der Waals surface area (Å²) in [6.45, 7) is 5.29. The van der Waals surface area contributed by atoms with E-state index in [0.717, 1.165) is 42.2 Å². The zero-order valence-electron chi connectivity index (χ0n) is 12.3. The normalized spacial score (nSPS) is 12.5. The molecule has 3 nitrogen and oxygen atoms in total. The minimum absolute atomic E-state index is 0.361. The molecule has 4 heteroatoms. The maximum atomic E-state index is 4.34. The third kappa shape index (κ3) is 4.39. The van der Waals surface area contributed by atoms with Crippen LogP contribution in [0.4, 0.5) is 0 Å². The van der Waals surface area contributed by atoms with Gasteiger partial charge < -0.3 is 5.32 Å². The van der Waals surface area contributed by atoms with E-state index in [4.69, 9.17) is 0 Å². The van der Waals surface area contributed by atoms with Crippen LogP contribution in [-0.4, -0.2) is 16.7 Å². The fourth-order valence-electron chi connectivity index (χ4n) is 2.25. The number of hydrogen-bond donors (Lipinski definition) is 1. The number of nitrogens with one attached hydrogen (secondary N) is 1. The van der Waals surface area contributed by atoms with Gasteiger partial charge in [-0.2, -0.15) is 0 Å². The lowest BCUT2D eigenvalue weighted by molar-refractivity contribution is 0.530. The average molecular weight is 289 g/mol. The fourth-order valence-corrected chi connectivity index (χ4v) is 3.29. The van der Waals surface area contributed by atoms with Crippen LogP contribution < -0.4 is 5.32 Å². The molecule has 1 unspecified atom stereocenters. The Morgan fingerprint density at radius 1 is 1.10 bits per heavy atom. The fraction of sp³-hybridized carbons (Fsp3) is 0.500. The van der Waals surface area contributed by atoms with Gasteiger partial charge in [-0.3, -0.25) is 0 Å². The smallest absolute Gasteiger partial charge is 0.134 e. The molecule has 108 valence electrons. The molecule has 0 aliphatic carbocycles. The van der Waals surface area contributed by atoms with Crippen LogP contribution in [0.25, 0.3) is 0 Å². The predicted molar refractivity (Wildman–Crippen MR) is 85.1 cm³/mol. The molecule has 0 radical (unpaired) electrons. The molecule has 20 heavy (non-hydrogen) atoms. The molecular formula is C16H23N3S. The summed E-state index contributed by atoms with van der Waals surface area (Å²) in [7, 11) is 0. The van der Waals surface area contributed by atoms with Crippen molar-refractivity contribution >= 4 is 11.3 Å². The van der Waals surface area contributed by atoms with Crippen molar-refractivity contribution in [2.45, 2.75) is 45.6 Å². The lowest BCUT2D eigenvalue weighted by Crippen LogP contribution is -2.19. The molecule has 0 fully saturated rings. The van der Waals surface area contributed by atoms with Crippen LogP contribution in [0.5, 0.6) is 0 Å². The zero-order chi connectivity index (χ0) is 14.2. The van der Waals surface area contributed by atoms with Crippen molar-refractivity contribution in [3.05, 3.63) is 45.9 Å². The lowest BCUT2D eigenvalue weighted by Gasteiger charge is -2.10. The summed E-state index contributed by atoms with van der Waals surface area (Å²) in [5.74, 6) is 0. The second-order valence-electron chi connectivity index (χ2n) is 4.89. The van der Waals surface area contributed by atoms with Crippen LogP contribution >= 0.6 is 11.3 Å². The number of hydrogen-bond acceptors (Lipinski definition) is 4. The predicted octanol–water partition coefficient (Wildman–Crippen LogP) is 3.77. The maximum Gasteiger partial charge on any atom is 0.134 e. The van der Waals surface area contributed by atoms with E-state index in [1.165, 1.54) is 5.56 Å². The highest BCUT2D eigenvalue weighted by atomic mass is 32.1. The quantitative estimate of drug-likeness (QED) is 0.804. The third-order valence-corrected chi connectivity index (χ3v) is 4.43. The van der Waals surface area contributed by atoms with Gasteiger partial charge in [0.1, 0.15) is 10.0 Å². The van der Waals surface area contributed by atoms with Crippen molar-refractivity contribution in [1.82, 2.24) is 15.5 Å². The topological polar surface area (TPSA) is 37.8 Å². The molecule has 0 aliphatic rings. The second kappa shape index (κ2) is 8.12. The SMILES string of the molecule is CCNC(CC)c1nnc(CCCc2ccccc2)s1. The molecule has 0 spiro atoms. The summed E-state index contributed by atoms with van der Waals surface area (Å²) >= 11 is 1.76. The van der Waals surface area contributed by atoms with Crippen molar-refractivity contribution in [2.24, 2.45) is 0 Å². The number of aryl methyl sites for hydroxylation is 2. The molecule has 1 aromatic heterocycles. The average Bonchev–Trinajstić information content (AvgIpc) is 2.94. The first-order valence-electron chi connectivity index (χ1n) is 7.43. The third-order valence-electron chi connectivity index (χ3n) is 3.34. The summed E-state index contributed by atoms with van der Waals surface area (Å²) in [5, 5.41) is 14.4. The van der Waals surface area contributed by atoms with Crippen LogP contribution in [0.3, 0.4) is 0 Å². The Balaban J connectivity index is 1.83. The maximum absolute atomic E-state index is 4.34. The van der Waals surface area contributed by atoms with Gasteiger partial charge in [0, 0.05) is 6.42 Å². The van der Waals surface area contributed by atoms with E-state index < -0.39 is 0 Å². The number of benzene rings is 1. The minimum Gasteiger partial charge on any atom is -0.308 e. The van der Waals surface area contributed by atoms with E-state index >= 15 is 0 Å². The van der Waals surface area contributed by atoms with E-state index in [1.54, 1.807) is 11.3 Å². The monoisotopic (exact) mass is 289 g/mol. The van der Waals surface area contributed by atoms with Gasteiger partial charge in [-0.25, -0.2) is 0 Å². The van der Waals surface area contributed by atoms with Crippen molar-refractivity contribution in [1.29, 1.82) is 0 Å². The molecule has 2 rings (SSSR count). The van der Waals surface area contributed by atoms with Gasteiger partial charge in [0.05, 0.1) is 6.04 Å². The molecule has 1 atom stereocenters. The first kappa shape index (κ1) is 15.1. The first-order valence-corrected chi connectivity index (χ1v) is 8.24. The molecule has 1 aromatic carbocycles. The highest BCUT2D eigenvalue weighted by Gasteiger charge is 2.13. The molecule has 0 bridgehead atoms. The Labute approximate surface area is 125 Å². The highest BCUT2D eigenvalue weighted by Crippen LogP contribution is 2.21. The lowest BCUT2D eigenvalue weighted by atomic mass is 10.1. The molecule has 0 aliphatic heterocycles. The Morgan fingerprint density at radius 2 is 1.90 bits per heavy atom. The number of aromatic nitrogens is 2. The summed E-state index contributed by atoms with van der Waals surface area (Å²) in [6.07, 6.45) is 4.33. The van der Waals surface area contributed by atoms with Gasteiger partial charge in [0.25, 0.3) is 0 Å². The van der Waals surface area contributed by atoms with E-state index in [0.29, 0.717) is 6.04 Å². The van der Waals surface area contributed by atoms with Crippen LogP contribution in [0, 0.1) is 0 Å². The van der Waals surface area contributed by atoms with Gasteiger partial charge in [0.15, 0.2) is 0 Å². The van der Waals surface area contributed by atoms with E-state index in [2.05, 4.69) is 59.7 Å². The van der Waals surface area contributed by atoms with Gasteiger partial charge >= 0.3 is 0 Å². The van der Waals surface area contributed by atoms with E-state index in [9.17, 15) is 0 Å². The zero-order valence-corrected chi connectivity index (χ0v) is 13.1. The number of rotatable bonds is 8. The molecule has 1 N–H and O–H groups in total. The van der Waals surface area contributed by atoms with Crippen LogP contribution in [0.15, 0.2) is 30.3 Å². The summed E-state index contributed by atoms with van der Waals surface area (Å²) < 4.78 is 0. The van der Waals surface area contributed by atoms with Crippen molar-refractivity contribution in [3.8, 4) is 0 Å². The molecular weight excluding hydrogens is 266 g/mol. The molecule has 1 heterocycles. The number of nitrogens with zero attached hydrogens (tertiary/aromatic N) is 2. The van der Waals surface area contributed by atoms with E-state index in [-0.39, 0.29) is 0 Å². The Bertz CT molecular complexity index is 495. The molecule has 2 aromatic rings. The van der Waals surface area contributed by atoms with Crippen molar-refractivity contribution in [2.75, 3.05) is 6.54 Å². The van der Waals surface area contributed by atoms with E-state index in [1.807, 2.05) is 0 Å². The van der Waals surface area contributed by atoms with Crippen LogP contribution in [0.1, 0.15) is 48.3 Å². The minimum atomic E-state index is 0.361. The van der Waals surface area contributed by atoms with Gasteiger partial charge in [-0.05, 0) is 31.4 Å². The standard InChI is InChI=1S/C16H23N3S/c1-3-14(17-4-2)16-19-18-15(20-16)12-8-11-13-9-6-5-7-10-13/h5-7,9-10,14,17H,3-4,8,11-12H2,1-2H3. The Kier molecular flexibility index (Phi) is 6.15. The highest BCUT2D eigenvalue weighted by molar-refractivity contribution is 7.11. The summed E-state index contributed by atoms with van der Waals surface area (Å²) in [5.41, 5.74) is 1.40. The van der Waals surface area contributed by atoms with Crippen LogP contribution in [0.2, 0.25) is 0 Å². The van der Waals surface area contributed by atoms with Gasteiger partial charge in [-0.15, -0.1) is 10.2 Å². The van der Waals surface area contributed by atoms with Crippen LogP contribution in [-0.2, 0) is 12.8 Å². The first-order chi connectivity index (χ1) is 9.83. The van der Waals surface area contributed by atoms with Crippen molar-refractivity contribution in [3.63, 3.8) is 0 Å².